The van der Waals surface area contributed by atoms with Crippen LogP contribution >= 0.6 is 0 Å². The number of rotatable bonds is 8. The number of allylic oxidation sites excluding steroid dienone is 4. The minimum absolute atomic E-state index is 0.551. The van der Waals surface area contributed by atoms with E-state index in [4.69, 9.17) is 0 Å². The lowest BCUT2D eigenvalue weighted by atomic mass is 10.1. The van der Waals surface area contributed by atoms with Gasteiger partial charge in [-0.15, -0.1) is 0 Å². The third-order valence-electron chi connectivity index (χ3n) is 2.14. The average Bonchev–Trinajstić information content (AvgIpc) is 2.20. The summed E-state index contributed by atoms with van der Waals surface area (Å²) >= 11 is 0. The molecule has 0 N–H and O–H groups in total. The number of unbranched alkanes of at least 4 members (excludes halogenated alkanes) is 3. The number of carbonyl (C=O) groups is 1. The fraction of sp³-hybridized carbons (Fsp3) is 0.615. The van der Waals surface area contributed by atoms with Crippen molar-refractivity contribution in [2.75, 3.05) is 0 Å². The van der Waals surface area contributed by atoms with Crippen molar-refractivity contribution in [2.24, 2.45) is 0 Å². The summed E-state index contributed by atoms with van der Waals surface area (Å²) in [6.07, 6.45) is 14.0. The highest BCUT2D eigenvalue weighted by Gasteiger charge is 1.85. The molecule has 0 spiro atoms. The summed E-state index contributed by atoms with van der Waals surface area (Å²) in [7, 11) is 0. The summed E-state index contributed by atoms with van der Waals surface area (Å²) in [6, 6.07) is 0. The van der Waals surface area contributed by atoms with Crippen molar-refractivity contribution in [1.82, 2.24) is 0 Å². The minimum atomic E-state index is 0.551. The molecule has 0 unspecified atom stereocenters. The Morgan fingerprint density at radius 2 is 2.00 bits per heavy atom. The number of hydrogen-bond donors (Lipinski definition) is 0. The van der Waals surface area contributed by atoms with Gasteiger partial charge in [-0.1, -0.05) is 43.6 Å². The van der Waals surface area contributed by atoms with Crippen LogP contribution in [0.1, 0.15) is 52.4 Å². The first-order valence-corrected chi connectivity index (χ1v) is 5.55. The van der Waals surface area contributed by atoms with Crippen molar-refractivity contribution in [2.45, 2.75) is 52.4 Å². The van der Waals surface area contributed by atoms with Crippen molar-refractivity contribution in [3.63, 3.8) is 0 Å². The van der Waals surface area contributed by atoms with Gasteiger partial charge in [-0.3, -0.25) is 0 Å². The number of carbonyl (C=O) groups excluding carboxylic acids is 1. The van der Waals surface area contributed by atoms with E-state index in [0.717, 1.165) is 12.7 Å². The highest BCUT2D eigenvalue weighted by atomic mass is 16.1. The zero-order chi connectivity index (χ0) is 10.6. The molecule has 0 rings (SSSR count). The van der Waals surface area contributed by atoms with Gasteiger partial charge in [0.05, 0.1) is 0 Å². The fourth-order valence-corrected chi connectivity index (χ4v) is 1.23. The molecule has 0 bridgehead atoms. The first-order valence-electron chi connectivity index (χ1n) is 5.55. The molecule has 0 heterocycles. The third kappa shape index (κ3) is 9.24. The van der Waals surface area contributed by atoms with Crippen LogP contribution < -0.4 is 0 Å². The zero-order valence-corrected chi connectivity index (χ0v) is 9.46. The highest BCUT2D eigenvalue weighted by Crippen LogP contribution is 2.04. The summed E-state index contributed by atoms with van der Waals surface area (Å²) in [5.74, 6) is 0. The first-order chi connectivity index (χ1) is 6.81. The van der Waals surface area contributed by atoms with Gasteiger partial charge in [0.1, 0.15) is 6.29 Å². The van der Waals surface area contributed by atoms with Gasteiger partial charge >= 0.3 is 0 Å². The molecule has 0 fully saturated rings. The smallest absolute Gasteiger partial charge is 0.123 e. The predicted octanol–water partition coefficient (Wildman–Crippen LogP) is 4.05. The van der Waals surface area contributed by atoms with Crippen LogP contribution in [0, 0.1) is 0 Å². The lowest BCUT2D eigenvalue weighted by molar-refractivity contribution is -0.107. The minimum Gasteiger partial charge on any atom is -0.303 e. The Labute approximate surface area is 87.9 Å². The molecule has 0 aliphatic heterocycles. The molecule has 14 heavy (non-hydrogen) atoms. The molecule has 0 saturated carbocycles. The maximum atomic E-state index is 10.1. The summed E-state index contributed by atoms with van der Waals surface area (Å²) in [5.41, 5.74) is 1.28. The number of hydrogen-bond acceptors (Lipinski definition) is 1. The summed E-state index contributed by atoms with van der Waals surface area (Å²) in [4.78, 5) is 10.1. The van der Waals surface area contributed by atoms with E-state index in [0.29, 0.717) is 6.42 Å². The molecule has 0 amide bonds. The van der Waals surface area contributed by atoms with Crippen LogP contribution in [0.25, 0.3) is 0 Å². The van der Waals surface area contributed by atoms with E-state index in [1.807, 2.05) is 6.08 Å². The first kappa shape index (κ1) is 13.2. The van der Waals surface area contributed by atoms with E-state index < -0.39 is 0 Å². The fourth-order valence-electron chi connectivity index (χ4n) is 1.23. The van der Waals surface area contributed by atoms with E-state index in [1.165, 1.54) is 31.3 Å². The molecule has 0 saturated heterocycles. The second-order valence-corrected chi connectivity index (χ2v) is 3.62. The van der Waals surface area contributed by atoms with Gasteiger partial charge in [0.25, 0.3) is 0 Å². The Kier molecular flexibility index (Phi) is 9.61. The summed E-state index contributed by atoms with van der Waals surface area (Å²) in [5, 5.41) is 0. The maximum Gasteiger partial charge on any atom is 0.123 e. The molecule has 0 aromatic heterocycles. The molecule has 0 aromatic rings. The number of aldehydes is 1. The molecule has 1 heteroatoms. The van der Waals surface area contributed by atoms with Gasteiger partial charge in [-0.05, 0) is 26.2 Å². The zero-order valence-electron chi connectivity index (χ0n) is 9.46. The van der Waals surface area contributed by atoms with Crippen LogP contribution in [0.15, 0.2) is 23.8 Å². The standard InChI is InChI=1S/C13H22O/c1-3-4-5-6-7-8-10-13(2)11-9-12-14/h7-8,11-12H,3-6,9-10H2,1-2H3. The monoisotopic (exact) mass is 194 g/mol. The maximum absolute atomic E-state index is 10.1. The molecule has 0 aliphatic rings. The lowest BCUT2D eigenvalue weighted by Crippen LogP contribution is -1.76. The average molecular weight is 194 g/mol. The Bertz CT molecular complexity index is 189. The normalized spacial score (nSPS) is 12.3. The summed E-state index contributed by atoms with van der Waals surface area (Å²) in [6.45, 7) is 4.29. The van der Waals surface area contributed by atoms with E-state index in [-0.39, 0.29) is 0 Å². The van der Waals surface area contributed by atoms with Crippen LogP contribution in [-0.2, 0) is 4.79 Å². The van der Waals surface area contributed by atoms with Gasteiger partial charge < -0.3 is 4.79 Å². The van der Waals surface area contributed by atoms with Crippen molar-refractivity contribution >= 4 is 6.29 Å². The molecular weight excluding hydrogens is 172 g/mol. The van der Waals surface area contributed by atoms with Crippen LogP contribution in [0.3, 0.4) is 0 Å². The third-order valence-corrected chi connectivity index (χ3v) is 2.14. The quantitative estimate of drug-likeness (QED) is 0.323. The van der Waals surface area contributed by atoms with E-state index >= 15 is 0 Å². The van der Waals surface area contributed by atoms with Crippen LogP contribution in [0.4, 0.5) is 0 Å². The van der Waals surface area contributed by atoms with E-state index in [1.54, 1.807) is 0 Å². The largest absolute Gasteiger partial charge is 0.303 e. The van der Waals surface area contributed by atoms with Crippen molar-refractivity contribution < 1.29 is 4.79 Å². The van der Waals surface area contributed by atoms with Gasteiger partial charge in [0, 0.05) is 6.42 Å². The molecule has 1 nitrogen and oxygen atoms in total. The van der Waals surface area contributed by atoms with Crippen molar-refractivity contribution in [3.05, 3.63) is 23.8 Å². The Morgan fingerprint density at radius 1 is 1.21 bits per heavy atom. The Balaban J connectivity index is 3.45. The molecule has 0 aliphatic carbocycles. The van der Waals surface area contributed by atoms with Crippen molar-refractivity contribution in [1.29, 1.82) is 0 Å². The topological polar surface area (TPSA) is 17.1 Å². The molecule has 0 aromatic carbocycles. The Morgan fingerprint density at radius 3 is 2.64 bits per heavy atom. The van der Waals surface area contributed by atoms with Crippen LogP contribution in [0.5, 0.6) is 0 Å². The van der Waals surface area contributed by atoms with Gasteiger partial charge in [-0.2, -0.15) is 0 Å². The molecule has 0 atom stereocenters. The molecule has 80 valence electrons. The van der Waals surface area contributed by atoms with Gasteiger partial charge in [-0.25, -0.2) is 0 Å². The lowest BCUT2D eigenvalue weighted by Gasteiger charge is -1.94. The highest BCUT2D eigenvalue weighted by molar-refractivity contribution is 5.52. The Hall–Kier alpha value is -0.850. The predicted molar refractivity (Wildman–Crippen MR) is 62.3 cm³/mol. The van der Waals surface area contributed by atoms with Gasteiger partial charge in [0.2, 0.25) is 0 Å². The molecule has 0 radical (unpaired) electrons. The van der Waals surface area contributed by atoms with Gasteiger partial charge in [0.15, 0.2) is 0 Å². The van der Waals surface area contributed by atoms with Crippen LogP contribution in [-0.4, -0.2) is 6.29 Å². The summed E-state index contributed by atoms with van der Waals surface area (Å²) < 4.78 is 0. The SMILES string of the molecule is CCCCCC=CCC(C)=CCC=O. The van der Waals surface area contributed by atoms with E-state index in [2.05, 4.69) is 26.0 Å². The second-order valence-electron chi connectivity index (χ2n) is 3.62. The second kappa shape index (κ2) is 10.2. The van der Waals surface area contributed by atoms with Crippen molar-refractivity contribution in [3.8, 4) is 0 Å². The van der Waals surface area contributed by atoms with E-state index in [9.17, 15) is 4.79 Å². The van der Waals surface area contributed by atoms with Crippen LogP contribution in [0.2, 0.25) is 0 Å². The molecular formula is C13H22O.